The van der Waals surface area contributed by atoms with Gasteiger partial charge in [0.15, 0.2) is 0 Å². The van der Waals surface area contributed by atoms with E-state index in [1.807, 2.05) is 0 Å². The van der Waals surface area contributed by atoms with Crippen LogP contribution < -0.4 is 16.4 Å². The quantitative estimate of drug-likeness (QED) is 0.533. The molecule has 3 rings (SSSR count). The highest BCUT2D eigenvalue weighted by Crippen LogP contribution is 2.38. The third kappa shape index (κ3) is 3.72. The first-order chi connectivity index (χ1) is 11.4. The molecule has 0 aromatic carbocycles. The van der Waals surface area contributed by atoms with E-state index in [2.05, 4.69) is 27.5 Å². The second kappa shape index (κ2) is 6.21. The number of amides is 1. The van der Waals surface area contributed by atoms with Crippen LogP contribution in [-0.4, -0.2) is 32.4 Å². The minimum absolute atomic E-state index is 0.00699. The van der Waals surface area contributed by atoms with Gasteiger partial charge in [-0.3, -0.25) is 14.9 Å². The summed E-state index contributed by atoms with van der Waals surface area (Å²) in [6, 6.07) is 0.0403. The minimum atomic E-state index is -0.486. The van der Waals surface area contributed by atoms with E-state index in [1.165, 1.54) is 6.20 Å². The number of hydrogen-bond donors (Lipinski definition) is 3. The van der Waals surface area contributed by atoms with Crippen molar-refractivity contribution in [1.82, 2.24) is 9.97 Å². The Morgan fingerprint density at radius 3 is 2.58 bits per heavy atom. The number of anilines is 2. The van der Waals surface area contributed by atoms with Crippen LogP contribution in [0.2, 0.25) is 0 Å². The molecule has 4 N–H and O–H groups in total. The molecule has 0 unspecified atom stereocenters. The summed E-state index contributed by atoms with van der Waals surface area (Å²) in [5.41, 5.74) is 5.19. The van der Waals surface area contributed by atoms with E-state index < -0.39 is 4.92 Å². The fraction of sp³-hybridized carbons (Fsp3) is 0.667. The monoisotopic (exact) mass is 334 g/mol. The number of hydrogen-bond acceptors (Lipinski definition) is 7. The first-order valence-electron chi connectivity index (χ1n) is 8.22. The molecular formula is C15H22N6O3. The van der Waals surface area contributed by atoms with E-state index in [0.717, 1.165) is 25.7 Å². The molecule has 2 saturated carbocycles. The summed E-state index contributed by atoms with van der Waals surface area (Å²) in [5.74, 6) is 0.249. The lowest BCUT2D eigenvalue weighted by molar-refractivity contribution is -0.384. The highest BCUT2D eigenvalue weighted by atomic mass is 16.6. The second-order valence-corrected chi connectivity index (χ2v) is 6.97. The van der Waals surface area contributed by atoms with E-state index in [4.69, 9.17) is 5.73 Å². The second-order valence-electron chi connectivity index (χ2n) is 6.97. The number of primary amides is 1. The van der Waals surface area contributed by atoms with Crippen molar-refractivity contribution in [2.75, 3.05) is 10.6 Å². The average molecular weight is 334 g/mol. The van der Waals surface area contributed by atoms with Crippen LogP contribution in [-0.2, 0) is 4.79 Å². The van der Waals surface area contributed by atoms with Crippen LogP contribution >= 0.6 is 0 Å². The molecule has 0 atom stereocenters. The fourth-order valence-electron chi connectivity index (χ4n) is 2.97. The predicted molar refractivity (Wildman–Crippen MR) is 88.5 cm³/mol. The molecule has 9 nitrogen and oxygen atoms in total. The number of nitrogens with one attached hydrogen (secondary N) is 2. The number of nitrogens with two attached hydrogens (primary N) is 1. The molecule has 2 aliphatic carbocycles. The summed E-state index contributed by atoms with van der Waals surface area (Å²) in [6.45, 7) is 2.07. The summed E-state index contributed by atoms with van der Waals surface area (Å²) in [7, 11) is 0. The zero-order chi connectivity index (χ0) is 17.3. The number of carbonyl (C=O) groups excluding carboxylic acids is 1. The van der Waals surface area contributed by atoms with Crippen molar-refractivity contribution in [3.05, 3.63) is 16.3 Å². The van der Waals surface area contributed by atoms with Gasteiger partial charge in [0.05, 0.1) is 4.92 Å². The van der Waals surface area contributed by atoms with Crippen molar-refractivity contribution < 1.29 is 9.72 Å². The van der Waals surface area contributed by atoms with Gasteiger partial charge < -0.3 is 16.4 Å². The third-order valence-corrected chi connectivity index (χ3v) is 4.85. The Labute approximate surface area is 139 Å². The minimum Gasteiger partial charge on any atom is -0.369 e. The molecule has 1 heterocycles. The molecule has 0 radical (unpaired) electrons. The number of nitro groups is 1. The number of carbonyl (C=O) groups is 1. The summed E-state index contributed by atoms with van der Waals surface area (Å²) in [5, 5.41) is 17.6. The van der Waals surface area contributed by atoms with Crippen molar-refractivity contribution in [2.45, 2.75) is 57.0 Å². The summed E-state index contributed by atoms with van der Waals surface area (Å²) in [6.07, 6.45) is 6.15. The highest BCUT2D eigenvalue weighted by molar-refractivity contribution is 5.76. The maximum absolute atomic E-state index is 11.2. The van der Waals surface area contributed by atoms with Crippen molar-refractivity contribution in [2.24, 2.45) is 11.7 Å². The van der Waals surface area contributed by atoms with E-state index >= 15 is 0 Å². The van der Waals surface area contributed by atoms with Gasteiger partial charge in [-0.25, -0.2) is 4.98 Å². The molecule has 1 aromatic heterocycles. The Balaban J connectivity index is 1.71. The van der Waals surface area contributed by atoms with Gasteiger partial charge in [0, 0.05) is 17.5 Å². The van der Waals surface area contributed by atoms with Crippen LogP contribution in [0.25, 0.3) is 0 Å². The molecule has 1 amide bonds. The van der Waals surface area contributed by atoms with Gasteiger partial charge in [0.1, 0.15) is 6.20 Å². The van der Waals surface area contributed by atoms with Crippen LogP contribution in [0.4, 0.5) is 17.5 Å². The topological polar surface area (TPSA) is 136 Å². The Morgan fingerprint density at radius 1 is 1.38 bits per heavy atom. The van der Waals surface area contributed by atoms with Gasteiger partial charge >= 0.3 is 5.69 Å². The van der Waals surface area contributed by atoms with E-state index in [0.29, 0.717) is 18.8 Å². The number of aromatic nitrogens is 2. The van der Waals surface area contributed by atoms with Crippen molar-refractivity contribution in [3.63, 3.8) is 0 Å². The lowest BCUT2D eigenvalue weighted by atomic mass is 9.85. The molecule has 0 spiro atoms. The smallest absolute Gasteiger partial charge is 0.329 e. The highest BCUT2D eigenvalue weighted by Gasteiger charge is 2.38. The molecule has 130 valence electrons. The van der Waals surface area contributed by atoms with Crippen LogP contribution in [0.3, 0.4) is 0 Å². The van der Waals surface area contributed by atoms with Crippen molar-refractivity contribution in [1.29, 1.82) is 0 Å². The maximum Gasteiger partial charge on any atom is 0.329 e. The molecule has 9 heteroatoms. The van der Waals surface area contributed by atoms with Gasteiger partial charge in [0.25, 0.3) is 0 Å². The van der Waals surface area contributed by atoms with Crippen LogP contribution in [0.1, 0.15) is 45.4 Å². The third-order valence-electron chi connectivity index (χ3n) is 4.85. The van der Waals surface area contributed by atoms with Gasteiger partial charge in [-0.15, -0.1) is 0 Å². The molecular weight excluding hydrogens is 312 g/mol. The van der Waals surface area contributed by atoms with E-state index in [-0.39, 0.29) is 34.9 Å². The SMILES string of the molecule is CC1(Nc2ncc([N+](=O)[O-])c(NC3CCC(C(N)=O)CC3)n2)CC1. The van der Waals surface area contributed by atoms with Crippen molar-refractivity contribution >= 4 is 23.4 Å². The molecule has 2 aliphatic rings. The maximum atomic E-state index is 11.2. The summed E-state index contributed by atoms with van der Waals surface area (Å²) in [4.78, 5) is 30.3. The molecule has 1 aromatic rings. The Bertz CT molecular complexity index is 653. The fourth-order valence-corrected chi connectivity index (χ4v) is 2.97. The van der Waals surface area contributed by atoms with Gasteiger partial charge in [-0.05, 0) is 45.4 Å². The van der Waals surface area contributed by atoms with Crippen LogP contribution in [0.15, 0.2) is 6.20 Å². The van der Waals surface area contributed by atoms with Crippen molar-refractivity contribution in [3.8, 4) is 0 Å². The van der Waals surface area contributed by atoms with Gasteiger partial charge in [-0.2, -0.15) is 4.98 Å². The first kappa shape index (κ1) is 16.4. The zero-order valence-corrected chi connectivity index (χ0v) is 13.6. The lowest BCUT2D eigenvalue weighted by Crippen LogP contribution is -2.33. The van der Waals surface area contributed by atoms with E-state index in [9.17, 15) is 14.9 Å². The van der Waals surface area contributed by atoms with Crippen LogP contribution in [0, 0.1) is 16.0 Å². The zero-order valence-electron chi connectivity index (χ0n) is 13.6. The Morgan fingerprint density at radius 2 is 2.04 bits per heavy atom. The molecule has 2 fully saturated rings. The standard InChI is InChI=1S/C15H22N6O3/c1-15(6-7-15)20-14-17-8-11(21(23)24)13(19-14)18-10-4-2-9(3-5-10)12(16)22/h8-10H,2-7H2,1H3,(H2,16,22)(H2,17,18,19,20). The predicted octanol–water partition coefficient (Wildman–Crippen LogP) is 1.81. The number of rotatable bonds is 6. The van der Waals surface area contributed by atoms with E-state index in [1.54, 1.807) is 0 Å². The molecule has 0 saturated heterocycles. The average Bonchev–Trinajstić information content (AvgIpc) is 3.24. The first-order valence-corrected chi connectivity index (χ1v) is 8.22. The largest absolute Gasteiger partial charge is 0.369 e. The molecule has 24 heavy (non-hydrogen) atoms. The van der Waals surface area contributed by atoms with Gasteiger partial charge in [-0.1, -0.05) is 0 Å². The molecule has 0 bridgehead atoms. The van der Waals surface area contributed by atoms with Crippen LogP contribution in [0.5, 0.6) is 0 Å². The lowest BCUT2D eigenvalue weighted by Gasteiger charge is -2.27. The van der Waals surface area contributed by atoms with Gasteiger partial charge in [0.2, 0.25) is 17.7 Å². The molecule has 0 aliphatic heterocycles. The Kier molecular flexibility index (Phi) is 4.25. The Hall–Kier alpha value is -2.45. The summed E-state index contributed by atoms with van der Waals surface area (Å²) < 4.78 is 0. The normalized spacial score (nSPS) is 24.9. The number of nitrogens with zero attached hydrogens (tertiary/aromatic N) is 3. The summed E-state index contributed by atoms with van der Waals surface area (Å²) >= 11 is 0.